The summed E-state index contributed by atoms with van der Waals surface area (Å²) in [5.41, 5.74) is 0. The lowest BCUT2D eigenvalue weighted by Gasteiger charge is -2.33. The number of nitrogens with one attached hydrogen (secondary N) is 2. The third-order valence-electron chi connectivity index (χ3n) is 3.00. The largest absolute Gasteiger partial charge is 0.374 e. The van der Waals surface area contributed by atoms with Gasteiger partial charge in [-0.05, 0) is 19.0 Å². The van der Waals surface area contributed by atoms with Gasteiger partial charge in [0.15, 0.2) is 0 Å². The van der Waals surface area contributed by atoms with E-state index >= 15 is 0 Å². The van der Waals surface area contributed by atoms with E-state index in [1.807, 2.05) is 0 Å². The molecule has 102 valence electrons. The topological polar surface area (TPSA) is 36.5 Å². The smallest absolute Gasteiger partial charge is 0.0826 e. The number of rotatable bonds is 8. The van der Waals surface area contributed by atoms with Gasteiger partial charge in [-0.1, -0.05) is 20.8 Å². The normalized spacial score (nSPS) is 22.2. The zero-order valence-corrected chi connectivity index (χ0v) is 11.7. The maximum Gasteiger partial charge on any atom is 0.0826 e. The fraction of sp³-hybridized carbons (Fsp3) is 1.00. The molecule has 0 amide bonds. The number of ether oxygens (including phenoxy) is 1. The zero-order valence-electron chi connectivity index (χ0n) is 11.7. The minimum atomic E-state index is 0.365. The van der Waals surface area contributed by atoms with E-state index in [1.54, 1.807) is 0 Å². The molecule has 2 N–H and O–H groups in total. The molecule has 4 nitrogen and oxygen atoms in total. The Morgan fingerprint density at radius 2 is 2.18 bits per heavy atom. The Balaban J connectivity index is 2.10. The van der Waals surface area contributed by atoms with E-state index in [2.05, 4.69) is 36.3 Å². The molecular weight excluding hydrogens is 214 g/mol. The number of hydrogen-bond donors (Lipinski definition) is 2. The Morgan fingerprint density at radius 3 is 2.88 bits per heavy atom. The summed E-state index contributed by atoms with van der Waals surface area (Å²) in [7, 11) is 0. The lowest BCUT2D eigenvalue weighted by atomic mass is 10.2. The second-order valence-electron chi connectivity index (χ2n) is 5.20. The minimum Gasteiger partial charge on any atom is -0.374 e. The number of nitrogens with zero attached hydrogens (tertiary/aromatic N) is 1. The summed E-state index contributed by atoms with van der Waals surface area (Å²) in [5.74, 6) is 0.712. The predicted molar refractivity (Wildman–Crippen MR) is 72.4 cm³/mol. The van der Waals surface area contributed by atoms with Crippen LogP contribution >= 0.6 is 0 Å². The van der Waals surface area contributed by atoms with Crippen LogP contribution in [0.25, 0.3) is 0 Å². The summed E-state index contributed by atoms with van der Waals surface area (Å²) < 4.78 is 5.77. The van der Waals surface area contributed by atoms with Gasteiger partial charge in [0.05, 0.1) is 12.7 Å². The average Bonchev–Trinajstić information content (AvgIpc) is 2.29. The summed E-state index contributed by atoms with van der Waals surface area (Å²) in [4.78, 5) is 2.49. The van der Waals surface area contributed by atoms with Crippen LogP contribution in [0.1, 0.15) is 20.8 Å². The van der Waals surface area contributed by atoms with Gasteiger partial charge >= 0.3 is 0 Å². The zero-order chi connectivity index (χ0) is 12.5. The van der Waals surface area contributed by atoms with Gasteiger partial charge in [-0.2, -0.15) is 0 Å². The highest BCUT2D eigenvalue weighted by Gasteiger charge is 2.19. The van der Waals surface area contributed by atoms with E-state index < -0.39 is 0 Å². The molecule has 0 aromatic carbocycles. The molecule has 0 radical (unpaired) electrons. The predicted octanol–water partition coefficient (Wildman–Crippen LogP) is 0.542. The molecule has 1 fully saturated rings. The highest BCUT2D eigenvalue weighted by atomic mass is 16.5. The molecule has 1 saturated heterocycles. The van der Waals surface area contributed by atoms with E-state index in [-0.39, 0.29) is 0 Å². The first-order chi connectivity index (χ1) is 8.22. The number of morpholine rings is 1. The maximum absolute atomic E-state index is 5.77. The molecule has 1 aliphatic heterocycles. The first-order valence-corrected chi connectivity index (χ1v) is 6.97. The van der Waals surface area contributed by atoms with Crippen molar-refractivity contribution < 1.29 is 4.74 Å². The third kappa shape index (κ3) is 6.99. The van der Waals surface area contributed by atoms with Gasteiger partial charge in [0.25, 0.3) is 0 Å². The average molecular weight is 243 g/mol. The van der Waals surface area contributed by atoms with Crippen LogP contribution in [0.2, 0.25) is 0 Å². The van der Waals surface area contributed by atoms with Crippen molar-refractivity contribution >= 4 is 0 Å². The molecule has 0 aromatic rings. The molecule has 0 aromatic heterocycles. The van der Waals surface area contributed by atoms with Gasteiger partial charge in [-0.15, -0.1) is 0 Å². The summed E-state index contributed by atoms with van der Waals surface area (Å²) in [6, 6.07) is 0. The molecular formula is C13H29N3O. The van der Waals surface area contributed by atoms with Crippen LogP contribution in [0.15, 0.2) is 0 Å². The Morgan fingerprint density at radius 1 is 1.35 bits per heavy atom. The third-order valence-corrected chi connectivity index (χ3v) is 3.00. The molecule has 0 spiro atoms. The van der Waals surface area contributed by atoms with Crippen molar-refractivity contribution in [2.75, 3.05) is 52.4 Å². The van der Waals surface area contributed by atoms with E-state index in [4.69, 9.17) is 4.74 Å². The molecule has 1 unspecified atom stereocenters. The van der Waals surface area contributed by atoms with Crippen LogP contribution in [0, 0.1) is 5.92 Å². The van der Waals surface area contributed by atoms with Crippen molar-refractivity contribution in [3.05, 3.63) is 0 Å². The monoisotopic (exact) mass is 243 g/mol. The van der Waals surface area contributed by atoms with Crippen LogP contribution in [-0.2, 0) is 4.74 Å². The number of likely N-dealkylation sites (N-methyl/N-ethyl adjacent to an activating group) is 1. The van der Waals surface area contributed by atoms with Crippen molar-refractivity contribution in [3.8, 4) is 0 Å². The standard InChI is InChI=1S/C13H29N3O/c1-4-14-5-6-16-7-8-17-13(11-16)10-15-9-12(2)3/h12-15H,4-11H2,1-3H3. The van der Waals surface area contributed by atoms with Gasteiger partial charge in [0.2, 0.25) is 0 Å². The summed E-state index contributed by atoms with van der Waals surface area (Å²) in [6.07, 6.45) is 0.365. The minimum absolute atomic E-state index is 0.365. The van der Waals surface area contributed by atoms with Gasteiger partial charge < -0.3 is 15.4 Å². The molecule has 1 aliphatic rings. The van der Waals surface area contributed by atoms with Crippen molar-refractivity contribution in [1.29, 1.82) is 0 Å². The first-order valence-electron chi connectivity index (χ1n) is 6.97. The van der Waals surface area contributed by atoms with Crippen LogP contribution in [-0.4, -0.2) is 63.4 Å². The van der Waals surface area contributed by atoms with Crippen LogP contribution in [0.3, 0.4) is 0 Å². The number of hydrogen-bond acceptors (Lipinski definition) is 4. The van der Waals surface area contributed by atoms with E-state index in [0.717, 1.165) is 52.4 Å². The quantitative estimate of drug-likeness (QED) is 0.610. The van der Waals surface area contributed by atoms with Crippen molar-refractivity contribution in [2.45, 2.75) is 26.9 Å². The highest BCUT2D eigenvalue weighted by molar-refractivity contribution is 4.74. The lowest BCUT2D eigenvalue weighted by Crippen LogP contribution is -2.48. The fourth-order valence-corrected chi connectivity index (χ4v) is 2.05. The van der Waals surface area contributed by atoms with E-state index in [1.165, 1.54) is 0 Å². The van der Waals surface area contributed by atoms with Gasteiger partial charge in [-0.25, -0.2) is 0 Å². The Labute approximate surface area is 106 Å². The van der Waals surface area contributed by atoms with Gasteiger partial charge in [0.1, 0.15) is 0 Å². The summed E-state index contributed by atoms with van der Waals surface area (Å²) in [5, 5.41) is 6.85. The van der Waals surface area contributed by atoms with E-state index in [9.17, 15) is 0 Å². The lowest BCUT2D eigenvalue weighted by molar-refractivity contribution is -0.0266. The Hall–Kier alpha value is -0.160. The molecule has 0 saturated carbocycles. The fourth-order valence-electron chi connectivity index (χ4n) is 2.05. The molecule has 1 rings (SSSR count). The van der Waals surface area contributed by atoms with E-state index in [0.29, 0.717) is 12.0 Å². The summed E-state index contributed by atoms with van der Waals surface area (Å²) in [6.45, 7) is 15.0. The first kappa shape index (κ1) is 14.9. The molecule has 0 bridgehead atoms. The maximum atomic E-state index is 5.77. The van der Waals surface area contributed by atoms with Crippen LogP contribution in [0.4, 0.5) is 0 Å². The second-order valence-corrected chi connectivity index (χ2v) is 5.20. The molecule has 17 heavy (non-hydrogen) atoms. The molecule has 1 heterocycles. The SMILES string of the molecule is CCNCCN1CCOC(CNCC(C)C)C1. The second kappa shape index (κ2) is 8.86. The molecule has 4 heteroatoms. The van der Waals surface area contributed by atoms with Gasteiger partial charge in [0, 0.05) is 32.7 Å². The molecule has 0 aliphatic carbocycles. The summed E-state index contributed by atoms with van der Waals surface area (Å²) >= 11 is 0. The van der Waals surface area contributed by atoms with Gasteiger partial charge in [-0.3, -0.25) is 4.90 Å². The van der Waals surface area contributed by atoms with Crippen molar-refractivity contribution in [1.82, 2.24) is 15.5 Å². The van der Waals surface area contributed by atoms with Crippen molar-refractivity contribution in [2.24, 2.45) is 5.92 Å². The highest BCUT2D eigenvalue weighted by Crippen LogP contribution is 2.03. The van der Waals surface area contributed by atoms with Crippen molar-refractivity contribution in [3.63, 3.8) is 0 Å². The van der Waals surface area contributed by atoms with Crippen LogP contribution in [0.5, 0.6) is 0 Å². The Kier molecular flexibility index (Phi) is 7.77. The van der Waals surface area contributed by atoms with Crippen LogP contribution < -0.4 is 10.6 Å². The Bertz CT molecular complexity index is 188. The molecule has 1 atom stereocenters.